The lowest BCUT2D eigenvalue weighted by molar-refractivity contribution is -0.567. The molecule has 0 saturated heterocycles. The Hall–Kier alpha value is -2.00. The van der Waals surface area contributed by atoms with Gasteiger partial charge in [0.2, 0.25) is 5.78 Å². The second-order valence-corrected chi connectivity index (χ2v) is 8.92. The van der Waals surface area contributed by atoms with Gasteiger partial charge in [0.15, 0.2) is 17.7 Å². The van der Waals surface area contributed by atoms with Crippen LogP contribution in [-0.2, 0) is 0 Å². The van der Waals surface area contributed by atoms with Gasteiger partial charge in [-0.05, 0) is 47.0 Å². The molecule has 2 aromatic rings. The van der Waals surface area contributed by atoms with Gasteiger partial charge < -0.3 is 20.5 Å². The number of nitrogens with two attached hydrogens (primary N) is 1. The first kappa shape index (κ1) is 23.7. The Labute approximate surface area is 198 Å². The minimum atomic E-state index is -0.309. The minimum Gasteiger partial charge on any atom is -0.496 e. The van der Waals surface area contributed by atoms with Gasteiger partial charge in [0.05, 0.1) is 48.6 Å². The van der Waals surface area contributed by atoms with E-state index in [1.807, 2.05) is 6.07 Å². The van der Waals surface area contributed by atoms with Crippen LogP contribution in [-0.4, -0.2) is 32.3 Å². The standard InChI is InChI=1S/C23H24Br2N2O4/c1-4-5-6-9-27-15(11-26)12-10-14(25)18-20(23(12)31-3)22(29)19-16(30-2)8-7-13(24)17(19)21(18)28/h7-8,10-11,27H,4-6,9,26H2,1-3H3/p+2/b15-11-. The van der Waals surface area contributed by atoms with Crippen molar-refractivity contribution in [1.29, 1.82) is 0 Å². The van der Waals surface area contributed by atoms with Crippen LogP contribution in [0.1, 0.15) is 63.6 Å². The highest BCUT2D eigenvalue weighted by Crippen LogP contribution is 2.44. The zero-order valence-electron chi connectivity index (χ0n) is 17.8. The summed E-state index contributed by atoms with van der Waals surface area (Å²) >= 11 is 6.95. The van der Waals surface area contributed by atoms with E-state index in [0.29, 0.717) is 31.6 Å². The predicted octanol–water partition coefficient (Wildman–Crippen LogP) is 3.30. The molecular formula is C23H26Br2N2O4+2. The summed E-state index contributed by atoms with van der Waals surface area (Å²) < 4.78 is 12.2. The van der Waals surface area contributed by atoms with E-state index >= 15 is 0 Å². The highest BCUT2D eigenvalue weighted by Gasteiger charge is 2.39. The quantitative estimate of drug-likeness (QED) is 0.418. The molecule has 0 heterocycles. The summed E-state index contributed by atoms with van der Waals surface area (Å²) in [6.45, 7) is 3.05. The molecular weight excluding hydrogens is 528 g/mol. The average Bonchev–Trinajstić information content (AvgIpc) is 2.76. The second kappa shape index (κ2) is 10.1. The topological polar surface area (TPSA) is 96.9 Å². The van der Waals surface area contributed by atoms with Crippen LogP contribution in [0, 0.1) is 0 Å². The molecule has 6 nitrogen and oxygen atoms in total. The average molecular weight is 554 g/mol. The Morgan fingerprint density at radius 1 is 1.00 bits per heavy atom. The van der Waals surface area contributed by atoms with Gasteiger partial charge in [0.25, 0.3) is 0 Å². The predicted molar refractivity (Wildman–Crippen MR) is 125 cm³/mol. The van der Waals surface area contributed by atoms with Crippen molar-refractivity contribution in [3.05, 3.63) is 61.2 Å². The molecule has 0 amide bonds. The number of hydrogen-bond acceptors (Lipinski definition) is 4. The molecule has 0 fully saturated rings. The van der Waals surface area contributed by atoms with Crippen LogP contribution in [0.3, 0.4) is 0 Å². The van der Waals surface area contributed by atoms with E-state index in [-0.39, 0.29) is 22.7 Å². The molecule has 1 aliphatic rings. The van der Waals surface area contributed by atoms with Crippen molar-refractivity contribution in [2.45, 2.75) is 26.2 Å². The van der Waals surface area contributed by atoms with Crippen molar-refractivity contribution < 1.29 is 30.1 Å². The molecule has 0 bridgehead atoms. The van der Waals surface area contributed by atoms with Crippen molar-refractivity contribution in [1.82, 2.24) is 0 Å². The fourth-order valence-corrected chi connectivity index (χ4v) is 5.00. The van der Waals surface area contributed by atoms with Gasteiger partial charge in [0.1, 0.15) is 11.5 Å². The summed E-state index contributed by atoms with van der Waals surface area (Å²) in [6, 6.07) is 5.21. The smallest absolute Gasteiger partial charge is 0.202 e. The molecule has 0 radical (unpaired) electrons. The summed E-state index contributed by atoms with van der Waals surface area (Å²) in [5.41, 5.74) is 6.60. The fraction of sp³-hybridized carbons (Fsp3) is 0.304. The molecule has 2 aromatic carbocycles. The van der Waals surface area contributed by atoms with Crippen LogP contribution in [0.4, 0.5) is 0 Å². The number of carbonyl (C=O) groups is 2. The van der Waals surface area contributed by atoms with Crippen LogP contribution in [0.5, 0.6) is 11.5 Å². The number of rotatable bonds is 8. The van der Waals surface area contributed by atoms with Crippen molar-refractivity contribution in [3.63, 3.8) is 0 Å². The van der Waals surface area contributed by atoms with Crippen molar-refractivity contribution in [3.8, 4) is 11.5 Å². The van der Waals surface area contributed by atoms with Crippen LogP contribution in [0.15, 0.2) is 33.3 Å². The summed E-state index contributed by atoms with van der Waals surface area (Å²) in [5.74, 6) is 0.145. The van der Waals surface area contributed by atoms with Gasteiger partial charge in [0, 0.05) is 8.95 Å². The second-order valence-electron chi connectivity index (χ2n) is 7.21. The van der Waals surface area contributed by atoms with Crippen LogP contribution >= 0.6 is 31.9 Å². The maximum absolute atomic E-state index is 13.7. The normalized spacial score (nSPS) is 13.2. The minimum absolute atomic E-state index is 0.238. The Morgan fingerprint density at radius 3 is 2.29 bits per heavy atom. The number of methoxy groups -OCH3 is 2. The maximum atomic E-state index is 13.7. The molecule has 0 saturated carbocycles. The molecule has 1 aliphatic carbocycles. The number of unbranched alkanes of at least 4 members (excludes halogenated alkanes) is 2. The first-order valence-corrected chi connectivity index (χ1v) is 11.7. The van der Waals surface area contributed by atoms with Crippen LogP contribution in [0.25, 0.3) is 5.70 Å². The van der Waals surface area contributed by atoms with E-state index < -0.39 is 0 Å². The van der Waals surface area contributed by atoms with E-state index in [0.717, 1.165) is 37.1 Å². The van der Waals surface area contributed by atoms with Gasteiger partial charge in [-0.25, -0.2) is 0 Å². The molecule has 3 rings (SSSR count). The Morgan fingerprint density at radius 2 is 1.68 bits per heavy atom. The third kappa shape index (κ3) is 4.22. The molecule has 8 heteroatoms. The lowest BCUT2D eigenvalue weighted by Gasteiger charge is -2.24. The molecule has 31 heavy (non-hydrogen) atoms. The molecule has 0 unspecified atom stereocenters. The van der Waals surface area contributed by atoms with Crippen molar-refractivity contribution in [2.75, 3.05) is 20.8 Å². The van der Waals surface area contributed by atoms with Gasteiger partial charge >= 0.3 is 0 Å². The number of hydrogen-bond donors (Lipinski definition) is 2. The largest absolute Gasteiger partial charge is 0.496 e. The van der Waals surface area contributed by atoms with E-state index in [1.165, 1.54) is 14.2 Å². The highest BCUT2D eigenvalue weighted by atomic mass is 79.9. The summed E-state index contributed by atoms with van der Waals surface area (Å²) in [4.78, 5) is 27.1. The number of fused-ring (bicyclic) bond motifs is 2. The number of benzene rings is 2. The Balaban J connectivity index is 2.21. The third-order valence-corrected chi connectivity index (χ3v) is 6.67. The monoisotopic (exact) mass is 552 g/mol. The maximum Gasteiger partial charge on any atom is 0.202 e. The molecule has 5 N–H and O–H groups in total. The van der Waals surface area contributed by atoms with Crippen LogP contribution in [0.2, 0.25) is 0 Å². The first-order valence-electron chi connectivity index (χ1n) is 10.1. The third-order valence-electron chi connectivity index (χ3n) is 5.38. The van der Waals surface area contributed by atoms with Gasteiger partial charge in [-0.1, -0.05) is 29.3 Å². The van der Waals surface area contributed by atoms with Gasteiger partial charge in [-0.15, -0.1) is 0 Å². The van der Waals surface area contributed by atoms with E-state index in [9.17, 15) is 9.59 Å². The highest BCUT2D eigenvalue weighted by molar-refractivity contribution is 9.11. The molecule has 0 aromatic heterocycles. The van der Waals surface area contributed by atoms with Crippen molar-refractivity contribution in [2.24, 2.45) is 0 Å². The molecule has 164 valence electrons. The summed E-state index contributed by atoms with van der Waals surface area (Å²) in [6.07, 6.45) is 5.10. The first-order chi connectivity index (χ1) is 14.9. The Kier molecular flexibility index (Phi) is 7.69. The lowest BCUT2D eigenvalue weighted by atomic mass is 9.81. The number of quaternary nitrogens is 2. The number of halogens is 2. The number of ether oxygens (including phenoxy) is 2. The van der Waals surface area contributed by atoms with Crippen LogP contribution < -0.4 is 20.5 Å². The molecule has 0 atom stereocenters. The van der Waals surface area contributed by atoms with Gasteiger partial charge in [-0.2, -0.15) is 0 Å². The lowest BCUT2D eigenvalue weighted by Crippen LogP contribution is -2.82. The summed E-state index contributed by atoms with van der Waals surface area (Å²) in [7, 11) is 2.99. The zero-order valence-corrected chi connectivity index (χ0v) is 21.0. The number of ketones is 2. The molecule has 0 spiro atoms. The van der Waals surface area contributed by atoms with Crippen molar-refractivity contribution >= 4 is 49.1 Å². The van der Waals surface area contributed by atoms with E-state index in [2.05, 4.69) is 49.8 Å². The Bertz CT molecular complexity index is 1080. The fourth-order valence-electron chi connectivity index (χ4n) is 3.88. The SMILES string of the molecule is CCCCC[NH2+]/C(=C\[NH3+])c1cc(Br)c2c(c1OC)C(=O)c1c(OC)ccc(Br)c1C2=O. The van der Waals surface area contributed by atoms with Gasteiger partial charge in [-0.3, -0.25) is 9.59 Å². The number of carbonyl (C=O) groups excluding carboxylic acids is 2. The summed E-state index contributed by atoms with van der Waals surface area (Å²) in [5, 5.41) is 2.10. The molecule has 0 aliphatic heterocycles. The van der Waals surface area contributed by atoms with E-state index in [4.69, 9.17) is 9.47 Å². The van der Waals surface area contributed by atoms with E-state index in [1.54, 1.807) is 18.3 Å². The zero-order chi connectivity index (χ0) is 22.7.